The highest BCUT2D eigenvalue weighted by atomic mass is 79.9. The summed E-state index contributed by atoms with van der Waals surface area (Å²) in [4.78, 5) is 0. The van der Waals surface area contributed by atoms with E-state index in [-0.39, 0.29) is 5.84 Å². The summed E-state index contributed by atoms with van der Waals surface area (Å²) in [5.74, 6) is 0.175. The molecule has 0 saturated carbocycles. The Morgan fingerprint density at radius 1 is 1.42 bits per heavy atom. The van der Waals surface area contributed by atoms with Crippen LogP contribution < -0.4 is 5.73 Å². The highest BCUT2D eigenvalue weighted by Gasteiger charge is 2.01. The van der Waals surface area contributed by atoms with Gasteiger partial charge in [-0.15, -0.1) is 0 Å². The van der Waals surface area contributed by atoms with Crippen molar-refractivity contribution in [3.63, 3.8) is 0 Å². The number of hydrogen-bond donors (Lipinski definition) is 2. The van der Waals surface area contributed by atoms with Crippen molar-refractivity contribution < 1.29 is 0 Å². The molecule has 0 unspecified atom stereocenters. The lowest BCUT2D eigenvalue weighted by molar-refractivity contribution is 1.23. The van der Waals surface area contributed by atoms with E-state index in [2.05, 4.69) is 31.9 Å². The molecule has 0 bridgehead atoms. The lowest BCUT2D eigenvalue weighted by atomic mass is 10.1. The van der Waals surface area contributed by atoms with Gasteiger partial charge in [-0.2, -0.15) is 0 Å². The predicted octanol–water partition coefficient (Wildman–Crippen LogP) is 2.69. The average Bonchev–Trinajstić information content (AvgIpc) is 1.96. The van der Waals surface area contributed by atoms with Crippen molar-refractivity contribution in [2.45, 2.75) is 6.42 Å². The maximum absolute atomic E-state index is 7.14. The van der Waals surface area contributed by atoms with Gasteiger partial charge >= 0.3 is 0 Å². The number of amidine groups is 1. The van der Waals surface area contributed by atoms with Crippen LogP contribution in [0.5, 0.6) is 0 Å². The van der Waals surface area contributed by atoms with Crippen LogP contribution in [0, 0.1) is 5.41 Å². The van der Waals surface area contributed by atoms with Gasteiger partial charge in [0, 0.05) is 15.4 Å². The molecule has 0 aliphatic rings. The van der Waals surface area contributed by atoms with E-state index < -0.39 is 0 Å². The van der Waals surface area contributed by atoms with Crippen LogP contribution in [0.2, 0.25) is 0 Å². The number of benzene rings is 1. The molecule has 0 aromatic heterocycles. The van der Waals surface area contributed by atoms with Crippen molar-refractivity contribution >= 4 is 37.7 Å². The van der Waals surface area contributed by atoms with Crippen LogP contribution in [0.4, 0.5) is 0 Å². The van der Waals surface area contributed by atoms with Gasteiger partial charge in [0.15, 0.2) is 0 Å². The van der Waals surface area contributed by atoms with Crippen LogP contribution in [-0.2, 0) is 6.42 Å². The first-order valence-electron chi connectivity index (χ1n) is 3.36. The van der Waals surface area contributed by atoms with Crippen molar-refractivity contribution in [2.24, 2.45) is 5.73 Å². The van der Waals surface area contributed by atoms with Gasteiger partial charge in [-0.1, -0.05) is 31.9 Å². The third kappa shape index (κ3) is 2.60. The number of rotatable bonds is 2. The number of hydrogen-bond acceptors (Lipinski definition) is 1. The second kappa shape index (κ2) is 4.05. The van der Waals surface area contributed by atoms with Gasteiger partial charge in [0.25, 0.3) is 0 Å². The monoisotopic (exact) mass is 290 g/mol. The fraction of sp³-hybridized carbons (Fsp3) is 0.125. The normalized spacial score (nSPS) is 9.83. The highest BCUT2D eigenvalue weighted by Crippen LogP contribution is 2.21. The standard InChI is InChI=1S/C8H8Br2N2/c9-6-1-2-7(10)5(3-6)4-8(11)12/h1-3H,4H2,(H3,11,12). The predicted molar refractivity (Wildman–Crippen MR) is 57.5 cm³/mol. The van der Waals surface area contributed by atoms with E-state index in [0.29, 0.717) is 6.42 Å². The highest BCUT2D eigenvalue weighted by molar-refractivity contribution is 9.11. The summed E-state index contributed by atoms with van der Waals surface area (Å²) in [6, 6.07) is 5.82. The first-order valence-corrected chi connectivity index (χ1v) is 4.95. The topological polar surface area (TPSA) is 49.9 Å². The van der Waals surface area contributed by atoms with E-state index in [1.807, 2.05) is 18.2 Å². The molecule has 0 atom stereocenters. The zero-order valence-corrected chi connectivity index (χ0v) is 9.44. The van der Waals surface area contributed by atoms with Crippen LogP contribution in [0.15, 0.2) is 27.1 Å². The van der Waals surface area contributed by atoms with Crippen LogP contribution in [-0.4, -0.2) is 5.84 Å². The molecule has 4 heteroatoms. The first kappa shape index (κ1) is 9.74. The summed E-state index contributed by atoms with van der Waals surface area (Å²) in [7, 11) is 0. The zero-order valence-electron chi connectivity index (χ0n) is 6.27. The van der Waals surface area contributed by atoms with Crippen LogP contribution in [0.25, 0.3) is 0 Å². The lowest BCUT2D eigenvalue weighted by Crippen LogP contribution is -2.12. The Kier molecular flexibility index (Phi) is 3.29. The minimum absolute atomic E-state index is 0.175. The van der Waals surface area contributed by atoms with E-state index in [9.17, 15) is 0 Å². The van der Waals surface area contributed by atoms with Crippen LogP contribution >= 0.6 is 31.9 Å². The molecule has 1 rings (SSSR count). The summed E-state index contributed by atoms with van der Waals surface area (Å²) in [5.41, 5.74) is 6.32. The molecule has 2 nitrogen and oxygen atoms in total. The maximum Gasteiger partial charge on any atom is 0.0950 e. The molecule has 12 heavy (non-hydrogen) atoms. The summed E-state index contributed by atoms with van der Waals surface area (Å²) in [5, 5.41) is 7.14. The van der Waals surface area contributed by atoms with Gasteiger partial charge in [0.1, 0.15) is 0 Å². The maximum atomic E-state index is 7.14. The Hall–Kier alpha value is -0.350. The van der Waals surface area contributed by atoms with Gasteiger partial charge < -0.3 is 5.73 Å². The van der Waals surface area contributed by atoms with E-state index in [1.54, 1.807) is 0 Å². The minimum atomic E-state index is 0.175. The van der Waals surface area contributed by atoms with Crippen molar-refractivity contribution in [1.82, 2.24) is 0 Å². The van der Waals surface area contributed by atoms with Crippen molar-refractivity contribution in [1.29, 1.82) is 5.41 Å². The average molecular weight is 292 g/mol. The van der Waals surface area contributed by atoms with Crippen LogP contribution in [0.3, 0.4) is 0 Å². The van der Waals surface area contributed by atoms with Gasteiger partial charge in [-0.3, -0.25) is 5.41 Å². The fourth-order valence-electron chi connectivity index (χ4n) is 0.884. The number of halogens is 2. The molecule has 0 radical (unpaired) electrons. The van der Waals surface area contributed by atoms with Gasteiger partial charge in [-0.25, -0.2) is 0 Å². The molecule has 1 aromatic carbocycles. The van der Waals surface area contributed by atoms with E-state index in [1.165, 1.54) is 0 Å². The van der Waals surface area contributed by atoms with E-state index in [4.69, 9.17) is 11.1 Å². The summed E-state index contributed by atoms with van der Waals surface area (Å²) < 4.78 is 1.99. The summed E-state index contributed by atoms with van der Waals surface area (Å²) in [6.45, 7) is 0. The second-order valence-electron chi connectivity index (χ2n) is 2.44. The first-order chi connectivity index (χ1) is 5.59. The SMILES string of the molecule is N=C(N)Cc1cc(Br)ccc1Br. The summed E-state index contributed by atoms with van der Waals surface area (Å²) in [6.07, 6.45) is 0.486. The van der Waals surface area contributed by atoms with Crippen molar-refractivity contribution in [3.05, 3.63) is 32.7 Å². The summed E-state index contributed by atoms with van der Waals surface area (Å²) >= 11 is 6.74. The molecular formula is C8H8Br2N2. The third-order valence-corrected chi connectivity index (χ3v) is 2.66. The second-order valence-corrected chi connectivity index (χ2v) is 4.21. The molecule has 0 fully saturated rings. The molecule has 0 amide bonds. The van der Waals surface area contributed by atoms with Crippen molar-refractivity contribution in [2.75, 3.05) is 0 Å². The minimum Gasteiger partial charge on any atom is -0.387 e. The van der Waals surface area contributed by atoms with Gasteiger partial charge in [0.2, 0.25) is 0 Å². The number of nitrogens with two attached hydrogens (primary N) is 1. The fourth-order valence-corrected chi connectivity index (χ4v) is 1.68. The quantitative estimate of drug-likeness (QED) is 0.639. The largest absolute Gasteiger partial charge is 0.387 e. The molecule has 64 valence electrons. The molecular weight excluding hydrogens is 284 g/mol. The molecule has 0 spiro atoms. The smallest absolute Gasteiger partial charge is 0.0950 e. The lowest BCUT2D eigenvalue weighted by Gasteiger charge is -2.02. The van der Waals surface area contributed by atoms with E-state index in [0.717, 1.165) is 14.5 Å². The molecule has 0 aliphatic heterocycles. The number of nitrogens with one attached hydrogen (secondary N) is 1. The van der Waals surface area contributed by atoms with Crippen molar-refractivity contribution in [3.8, 4) is 0 Å². The Morgan fingerprint density at radius 2 is 2.08 bits per heavy atom. The zero-order chi connectivity index (χ0) is 9.14. The molecule has 1 aromatic rings. The molecule has 0 saturated heterocycles. The van der Waals surface area contributed by atoms with E-state index >= 15 is 0 Å². The Balaban J connectivity index is 2.97. The van der Waals surface area contributed by atoms with Gasteiger partial charge in [0.05, 0.1) is 5.84 Å². The Labute approximate surface area is 87.9 Å². The molecule has 0 heterocycles. The van der Waals surface area contributed by atoms with Gasteiger partial charge in [-0.05, 0) is 23.8 Å². The van der Waals surface area contributed by atoms with Crippen LogP contribution in [0.1, 0.15) is 5.56 Å². The molecule has 0 aliphatic carbocycles. The Bertz CT molecular complexity index is 310. The third-order valence-electron chi connectivity index (χ3n) is 1.39. The molecule has 3 N–H and O–H groups in total. The Morgan fingerprint density at radius 3 is 2.67 bits per heavy atom.